The molecule has 1 saturated heterocycles. The molecule has 2 aromatic carbocycles. The van der Waals surface area contributed by atoms with E-state index in [1.165, 1.54) is 18.4 Å². The lowest BCUT2D eigenvalue weighted by Crippen LogP contribution is -2.45. The summed E-state index contributed by atoms with van der Waals surface area (Å²) in [5.41, 5.74) is 2.75. The summed E-state index contributed by atoms with van der Waals surface area (Å²) in [4.78, 5) is 34.6. The van der Waals surface area contributed by atoms with Crippen molar-refractivity contribution in [2.24, 2.45) is 0 Å². The predicted molar refractivity (Wildman–Crippen MR) is 144 cm³/mol. The highest BCUT2D eigenvalue weighted by Gasteiger charge is 2.26. The number of likely N-dealkylation sites (tertiary alicyclic amines) is 1. The molecular formula is C29H33N3O4S. The highest BCUT2D eigenvalue weighted by atomic mass is 32.1. The molecule has 37 heavy (non-hydrogen) atoms. The molecular weight excluding hydrogens is 486 g/mol. The van der Waals surface area contributed by atoms with Crippen molar-refractivity contribution in [1.29, 1.82) is 0 Å². The standard InChI is InChI=1S/C29H33N3O4S/c1-22-11-16-37-27(22)19-32(18-23-7-3-2-4-8-23)28(33)20-31(15-14-30-12-5-6-13-30)29(34)24-9-10-25-26(17-24)36-21-35-25/h2-4,7-11,16-17H,5-6,12-15,18-21H2,1H3. The zero-order valence-electron chi connectivity index (χ0n) is 21.2. The van der Waals surface area contributed by atoms with Crippen LogP contribution in [-0.4, -0.2) is 66.0 Å². The van der Waals surface area contributed by atoms with Gasteiger partial charge in [-0.3, -0.25) is 9.59 Å². The van der Waals surface area contributed by atoms with Gasteiger partial charge in [-0.25, -0.2) is 0 Å². The van der Waals surface area contributed by atoms with Gasteiger partial charge in [0.1, 0.15) is 6.54 Å². The van der Waals surface area contributed by atoms with E-state index in [-0.39, 0.29) is 25.2 Å². The van der Waals surface area contributed by atoms with E-state index < -0.39 is 0 Å². The average molecular weight is 520 g/mol. The van der Waals surface area contributed by atoms with Crippen molar-refractivity contribution in [3.05, 3.63) is 81.5 Å². The Labute approximate surface area is 222 Å². The molecule has 0 aliphatic carbocycles. The number of rotatable bonds is 10. The Morgan fingerprint density at radius 3 is 2.49 bits per heavy atom. The largest absolute Gasteiger partial charge is 0.454 e. The van der Waals surface area contributed by atoms with Gasteiger partial charge in [-0.2, -0.15) is 0 Å². The number of thiophene rings is 1. The van der Waals surface area contributed by atoms with Crippen LogP contribution in [0.15, 0.2) is 60.0 Å². The molecule has 3 aromatic rings. The van der Waals surface area contributed by atoms with Gasteiger partial charge in [-0.15, -0.1) is 11.3 Å². The molecule has 3 heterocycles. The number of carbonyl (C=O) groups excluding carboxylic acids is 2. The maximum Gasteiger partial charge on any atom is 0.254 e. The summed E-state index contributed by atoms with van der Waals surface area (Å²) >= 11 is 1.66. The number of ether oxygens (including phenoxy) is 2. The van der Waals surface area contributed by atoms with Gasteiger partial charge in [0.25, 0.3) is 5.91 Å². The summed E-state index contributed by atoms with van der Waals surface area (Å²) < 4.78 is 10.9. The SMILES string of the molecule is Cc1ccsc1CN(Cc1ccccc1)C(=O)CN(CCN1CCCC1)C(=O)c1ccc2c(c1)OCO2. The number of nitrogens with zero attached hydrogens (tertiary/aromatic N) is 3. The van der Waals surface area contributed by atoms with E-state index >= 15 is 0 Å². The molecule has 2 aliphatic rings. The first kappa shape index (κ1) is 25.3. The first-order chi connectivity index (χ1) is 18.1. The van der Waals surface area contributed by atoms with E-state index in [1.807, 2.05) is 35.2 Å². The molecule has 0 bridgehead atoms. The predicted octanol–water partition coefficient (Wildman–Crippen LogP) is 4.55. The number of benzene rings is 2. The fraction of sp³-hybridized carbons (Fsp3) is 0.379. The second-order valence-corrected chi connectivity index (χ2v) is 10.6. The van der Waals surface area contributed by atoms with Crippen molar-refractivity contribution >= 4 is 23.2 Å². The van der Waals surface area contributed by atoms with Crippen LogP contribution in [0.1, 0.15) is 39.2 Å². The van der Waals surface area contributed by atoms with Crippen LogP contribution in [0.5, 0.6) is 11.5 Å². The van der Waals surface area contributed by atoms with Gasteiger partial charge < -0.3 is 24.2 Å². The summed E-state index contributed by atoms with van der Waals surface area (Å²) in [5.74, 6) is 0.970. The van der Waals surface area contributed by atoms with E-state index in [2.05, 4.69) is 23.3 Å². The molecule has 194 valence electrons. The zero-order valence-corrected chi connectivity index (χ0v) is 22.0. The summed E-state index contributed by atoms with van der Waals surface area (Å²) in [7, 11) is 0. The lowest BCUT2D eigenvalue weighted by molar-refractivity contribution is -0.133. The Morgan fingerprint density at radius 1 is 0.946 bits per heavy atom. The van der Waals surface area contributed by atoms with Gasteiger partial charge in [0, 0.05) is 30.1 Å². The normalized spacial score (nSPS) is 14.6. The first-order valence-corrected chi connectivity index (χ1v) is 13.7. The molecule has 5 rings (SSSR count). The lowest BCUT2D eigenvalue weighted by atomic mass is 10.1. The highest BCUT2D eigenvalue weighted by Crippen LogP contribution is 2.33. The topological polar surface area (TPSA) is 62.3 Å². The van der Waals surface area contributed by atoms with Crippen LogP contribution in [0.2, 0.25) is 0 Å². The summed E-state index contributed by atoms with van der Waals surface area (Å²) in [6.07, 6.45) is 2.36. The molecule has 1 fully saturated rings. The molecule has 1 aromatic heterocycles. The molecule has 0 unspecified atom stereocenters. The van der Waals surface area contributed by atoms with Crippen LogP contribution in [-0.2, 0) is 17.9 Å². The van der Waals surface area contributed by atoms with E-state index in [0.717, 1.165) is 30.1 Å². The summed E-state index contributed by atoms with van der Waals surface area (Å²) in [5, 5.41) is 2.06. The Hall–Kier alpha value is -3.36. The second kappa shape index (κ2) is 11.8. The molecule has 0 radical (unpaired) electrons. The van der Waals surface area contributed by atoms with Crippen LogP contribution in [0, 0.1) is 6.92 Å². The van der Waals surface area contributed by atoms with Crippen LogP contribution in [0.3, 0.4) is 0 Å². The molecule has 7 nitrogen and oxygen atoms in total. The smallest absolute Gasteiger partial charge is 0.254 e. The van der Waals surface area contributed by atoms with Gasteiger partial charge in [-0.05, 0) is 73.6 Å². The Morgan fingerprint density at radius 2 is 1.73 bits per heavy atom. The fourth-order valence-electron chi connectivity index (χ4n) is 4.77. The minimum Gasteiger partial charge on any atom is -0.454 e. The zero-order chi connectivity index (χ0) is 25.6. The third-order valence-corrected chi connectivity index (χ3v) is 8.00. The highest BCUT2D eigenvalue weighted by molar-refractivity contribution is 7.10. The van der Waals surface area contributed by atoms with Crippen LogP contribution in [0.4, 0.5) is 0 Å². The summed E-state index contributed by atoms with van der Waals surface area (Å²) in [6, 6.07) is 17.3. The number of carbonyl (C=O) groups is 2. The Balaban J connectivity index is 1.36. The third kappa shape index (κ3) is 6.32. The molecule has 0 saturated carbocycles. The molecule has 2 aliphatic heterocycles. The quantitative estimate of drug-likeness (QED) is 0.393. The summed E-state index contributed by atoms with van der Waals surface area (Å²) in [6.45, 7) is 6.60. The molecule has 2 amide bonds. The van der Waals surface area contributed by atoms with Crippen molar-refractivity contribution in [1.82, 2.24) is 14.7 Å². The number of aryl methyl sites for hydroxylation is 1. The minimum atomic E-state index is -0.169. The van der Waals surface area contributed by atoms with Crippen molar-refractivity contribution in [2.75, 3.05) is 39.5 Å². The molecule has 8 heteroatoms. The van der Waals surface area contributed by atoms with Crippen molar-refractivity contribution in [3.8, 4) is 11.5 Å². The molecule has 0 N–H and O–H groups in total. The number of hydrogen-bond donors (Lipinski definition) is 0. The van der Waals surface area contributed by atoms with E-state index in [0.29, 0.717) is 36.7 Å². The maximum atomic E-state index is 13.8. The van der Waals surface area contributed by atoms with E-state index in [9.17, 15) is 9.59 Å². The Kier molecular flexibility index (Phi) is 8.06. The van der Waals surface area contributed by atoms with Gasteiger partial charge in [0.15, 0.2) is 11.5 Å². The first-order valence-electron chi connectivity index (χ1n) is 12.8. The van der Waals surface area contributed by atoms with Crippen molar-refractivity contribution in [2.45, 2.75) is 32.9 Å². The Bertz CT molecular complexity index is 1220. The number of hydrogen-bond acceptors (Lipinski definition) is 6. The van der Waals surface area contributed by atoms with Crippen molar-refractivity contribution in [3.63, 3.8) is 0 Å². The maximum absolute atomic E-state index is 13.8. The molecule has 0 atom stereocenters. The number of fused-ring (bicyclic) bond motifs is 1. The lowest BCUT2D eigenvalue weighted by Gasteiger charge is -2.29. The van der Waals surface area contributed by atoms with Gasteiger partial charge in [0.2, 0.25) is 12.7 Å². The van der Waals surface area contributed by atoms with Crippen LogP contribution < -0.4 is 9.47 Å². The molecule has 0 spiro atoms. The monoisotopic (exact) mass is 519 g/mol. The number of amides is 2. The average Bonchev–Trinajstić information content (AvgIpc) is 3.69. The minimum absolute atomic E-state index is 0.0262. The van der Waals surface area contributed by atoms with Gasteiger partial charge in [0.05, 0.1) is 6.54 Å². The third-order valence-electron chi connectivity index (χ3n) is 6.99. The van der Waals surface area contributed by atoms with Gasteiger partial charge in [-0.1, -0.05) is 30.3 Å². The van der Waals surface area contributed by atoms with Gasteiger partial charge >= 0.3 is 0 Å². The van der Waals surface area contributed by atoms with E-state index in [1.54, 1.807) is 34.4 Å². The fourth-order valence-corrected chi connectivity index (χ4v) is 5.69. The van der Waals surface area contributed by atoms with E-state index in [4.69, 9.17) is 9.47 Å². The second-order valence-electron chi connectivity index (χ2n) is 9.61. The van der Waals surface area contributed by atoms with Crippen LogP contribution in [0.25, 0.3) is 0 Å². The van der Waals surface area contributed by atoms with Crippen molar-refractivity contribution < 1.29 is 19.1 Å². The van der Waals surface area contributed by atoms with Crippen LogP contribution >= 0.6 is 11.3 Å².